The molecular formula is C23H23N3O3. The molecule has 0 saturated carbocycles. The molecule has 0 bridgehead atoms. The maximum absolute atomic E-state index is 12.0. The third-order valence-electron chi connectivity index (χ3n) is 4.13. The third kappa shape index (κ3) is 6.17. The Labute approximate surface area is 170 Å². The number of para-hydroxylation sites is 2. The van der Waals surface area contributed by atoms with Gasteiger partial charge in [0.1, 0.15) is 11.5 Å². The van der Waals surface area contributed by atoms with E-state index in [0.717, 1.165) is 23.3 Å². The van der Waals surface area contributed by atoms with Crippen molar-refractivity contribution in [3.05, 3.63) is 89.7 Å². The van der Waals surface area contributed by atoms with Crippen molar-refractivity contribution in [2.75, 3.05) is 13.2 Å². The van der Waals surface area contributed by atoms with Crippen molar-refractivity contribution >= 4 is 12.1 Å². The molecule has 0 atom stereocenters. The van der Waals surface area contributed by atoms with Crippen molar-refractivity contribution in [1.82, 2.24) is 10.4 Å². The first-order valence-corrected chi connectivity index (χ1v) is 9.38. The van der Waals surface area contributed by atoms with Crippen molar-refractivity contribution < 1.29 is 14.3 Å². The van der Waals surface area contributed by atoms with E-state index in [1.807, 2.05) is 55.5 Å². The Bertz CT molecular complexity index is 958. The second-order valence-corrected chi connectivity index (χ2v) is 6.29. The Balaban J connectivity index is 1.47. The van der Waals surface area contributed by atoms with Gasteiger partial charge in [-0.1, -0.05) is 30.3 Å². The summed E-state index contributed by atoms with van der Waals surface area (Å²) in [4.78, 5) is 15.9. The number of carbonyl (C=O) groups is 1. The molecule has 2 aromatic carbocycles. The summed E-state index contributed by atoms with van der Waals surface area (Å²) in [6.07, 6.45) is 5.44. The van der Waals surface area contributed by atoms with Gasteiger partial charge in [-0.15, -0.1) is 0 Å². The van der Waals surface area contributed by atoms with Crippen LogP contribution in [-0.2, 0) is 0 Å². The molecule has 1 heterocycles. The molecule has 0 aliphatic rings. The molecule has 0 radical (unpaired) electrons. The number of hydrazone groups is 1. The van der Waals surface area contributed by atoms with E-state index >= 15 is 0 Å². The first-order chi connectivity index (χ1) is 14.2. The minimum atomic E-state index is -0.296. The minimum absolute atomic E-state index is 0.296. The van der Waals surface area contributed by atoms with Crippen LogP contribution in [-0.4, -0.2) is 30.3 Å². The van der Waals surface area contributed by atoms with Crippen LogP contribution >= 0.6 is 0 Å². The van der Waals surface area contributed by atoms with E-state index in [0.29, 0.717) is 24.5 Å². The zero-order valence-electron chi connectivity index (χ0n) is 16.2. The molecule has 0 unspecified atom stereocenters. The highest BCUT2D eigenvalue weighted by molar-refractivity contribution is 5.94. The fourth-order valence-corrected chi connectivity index (χ4v) is 2.59. The number of aromatic nitrogens is 1. The molecular weight excluding hydrogens is 366 g/mol. The van der Waals surface area contributed by atoms with E-state index in [-0.39, 0.29) is 5.91 Å². The summed E-state index contributed by atoms with van der Waals surface area (Å²) in [6.45, 7) is 3.11. The van der Waals surface area contributed by atoms with Gasteiger partial charge >= 0.3 is 0 Å². The molecule has 1 N–H and O–H groups in total. The van der Waals surface area contributed by atoms with E-state index in [9.17, 15) is 4.79 Å². The molecule has 1 amide bonds. The maximum atomic E-state index is 12.0. The summed E-state index contributed by atoms with van der Waals surface area (Å²) in [5.74, 6) is 1.30. The van der Waals surface area contributed by atoms with Gasteiger partial charge in [0.2, 0.25) is 0 Å². The second-order valence-electron chi connectivity index (χ2n) is 6.29. The highest BCUT2D eigenvalue weighted by Crippen LogP contribution is 2.18. The molecule has 1 aromatic heterocycles. The van der Waals surface area contributed by atoms with Crippen molar-refractivity contribution in [2.45, 2.75) is 13.3 Å². The van der Waals surface area contributed by atoms with Crippen LogP contribution in [0.2, 0.25) is 0 Å². The van der Waals surface area contributed by atoms with Crippen molar-refractivity contribution in [3.8, 4) is 11.5 Å². The quantitative estimate of drug-likeness (QED) is 0.341. The lowest BCUT2D eigenvalue weighted by molar-refractivity contribution is 0.0955. The topological polar surface area (TPSA) is 72.8 Å². The van der Waals surface area contributed by atoms with Gasteiger partial charge in [0.25, 0.3) is 5.91 Å². The largest absolute Gasteiger partial charge is 0.493 e. The van der Waals surface area contributed by atoms with Crippen molar-refractivity contribution in [3.63, 3.8) is 0 Å². The summed E-state index contributed by atoms with van der Waals surface area (Å²) in [5.41, 5.74) is 4.89. The molecule has 0 fully saturated rings. The summed E-state index contributed by atoms with van der Waals surface area (Å²) in [7, 11) is 0. The molecule has 0 spiro atoms. The average Bonchev–Trinajstić information content (AvgIpc) is 2.76. The lowest BCUT2D eigenvalue weighted by Crippen LogP contribution is -2.17. The van der Waals surface area contributed by atoms with Crippen LogP contribution in [0.15, 0.2) is 78.2 Å². The average molecular weight is 389 g/mol. The zero-order chi connectivity index (χ0) is 20.3. The fraction of sp³-hybridized carbons (Fsp3) is 0.174. The lowest BCUT2D eigenvalue weighted by atomic mass is 10.2. The molecule has 6 heteroatoms. The van der Waals surface area contributed by atoms with Gasteiger partial charge in [0, 0.05) is 29.9 Å². The number of amides is 1. The monoisotopic (exact) mass is 389 g/mol. The lowest BCUT2D eigenvalue weighted by Gasteiger charge is -2.11. The molecule has 0 aliphatic carbocycles. The third-order valence-corrected chi connectivity index (χ3v) is 4.13. The Morgan fingerprint density at radius 1 is 0.966 bits per heavy atom. The predicted molar refractivity (Wildman–Crippen MR) is 113 cm³/mol. The smallest absolute Gasteiger partial charge is 0.271 e. The van der Waals surface area contributed by atoms with Gasteiger partial charge in [-0.25, -0.2) is 5.43 Å². The van der Waals surface area contributed by atoms with Crippen LogP contribution in [0.25, 0.3) is 0 Å². The van der Waals surface area contributed by atoms with E-state index in [1.54, 1.807) is 30.7 Å². The Morgan fingerprint density at radius 2 is 1.62 bits per heavy atom. The first kappa shape index (κ1) is 20.1. The SMILES string of the molecule is Cc1ccccc1OCCCOc1ccccc1/C=N\NC(=O)c1ccncc1. The number of benzene rings is 2. The van der Waals surface area contributed by atoms with Crippen LogP contribution in [0.3, 0.4) is 0 Å². The number of ether oxygens (including phenoxy) is 2. The summed E-state index contributed by atoms with van der Waals surface area (Å²) < 4.78 is 11.6. The number of aryl methyl sites for hydroxylation is 1. The normalized spacial score (nSPS) is 10.7. The van der Waals surface area contributed by atoms with E-state index < -0.39 is 0 Å². The summed E-state index contributed by atoms with van der Waals surface area (Å²) in [6, 6.07) is 18.7. The summed E-state index contributed by atoms with van der Waals surface area (Å²) in [5, 5.41) is 4.02. The Morgan fingerprint density at radius 3 is 2.38 bits per heavy atom. The predicted octanol–water partition coefficient (Wildman–Crippen LogP) is 4.00. The van der Waals surface area contributed by atoms with E-state index in [4.69, 9.17) is 9.47 Å². The van der Waals surface area contributed by atoms with Crippen LogP contribution in [0.5, 0.6) is 11.5 Å². The van der Waals surface area contributed by atoms with Crippen LogP contribution in [0, 0.1) is 6.92 Å². The molecule has 0 saturated heterocycles. The highest BCUT2D eigenvalue weighted by atomic mass is 16.5. The van der Waals surface area contributed by atoms with E-state index in [2.05, 4.69) is 15.5 Å². The highest BCUT2D eigenvalue weighted by Gasteiger charge is 2.04. The van der Waals surface area contributed by atoms with Crippen molar-refractivity contribution in [2.24, 2.45) is 5.10 Å². The number of hydrogen-bond donors (Lipinski definition) is 1. The Hall–Kier alpha value is -3.67. The van der Waals surface area contributed by atoms with Gasteiger partial charge in [-0.3, -0.25) is 9.78 Å². The molecule has 29 heavy (non-hydrogen) atoms. The number of rotatable bonds is 9. The zero-order valence-corrected chi connectivity index (χ0v) is 16.2. The number of pyridine rings is 1. The standard InChI is InChI=1S/C23H23N3O3/c1-18-7-2-4-9-21(18)28-15-6-16-29-22-10-5-3-8-20(22)17-25-26-23(27)19-11-13-24-14-12-19/h2-5,7-14,17H,6,15-16H2,1H3,(H,26,27)/b25-17-. The number of hydrogen-bond acceptors (Lipinski definition) is 5. The molecule has 6 nitrogen and oxygen atoms in total. The molecule has 0 aliphatic heterocycles. The second kappa shape index (κ2) is 10.6. The van der Waals surface area contributed by atoms with Gasteiger partial charge in [0.05, 0.1) is 19.4 Å². The van der Waals surface area contributed by atoms with Crippen LogP contribution < -0.4 is 14.9 Å². The van der Waals surface area contributed by atoms with Gasteiger partial charge < -0.3 is 9.47 Å². The van der Waals surface area contributed by atoms with Gasteiger partial charge in [-0.05, 0) is 42.8 Å². The fourth-order valence-electron chi connectivity index (χ4n) is 2.59. The number of nitrogens with zero attached hydrogens (tertiary/aromatic N) is 2. The van der Waals surface area contributed by atoms with Gasteiger partial charge in [0.15, 0.2) is 0 Å². The van der Waals surface area contributed by atoms with Crippen LogP contribution in [0.1, 0.15) is 27.9 Å². The number of nitrogens with one attached hydrogen (secondary N) is 1. The van der Waals surface area contributed by atoms with E-state index in [1.165, 1.54) is 0 Å². The van der Waals surface area contributed by atoms with Crippen LogP contribution in [0.4, 0.5) is 0 Å². The molecule has 3 rings (SSSR count). The first-order valence-electron chi connectivity index (χ1n) is 9.38. The Kier molecular flexibility index (Phi) is 7.34. The summed E-state index contributed by atoms with van der Waals surface area (Å²) >= 11 is 0. The number of carbonyl (C=O) groups excluding carboxylic acids is 1. The maximum Gasteiger partial charge on any atom is 0.271 e. The molecule has 148 valence electrons. The van der Waals surface area contributed by atoms with Crippen molar-refractivity contribution in [1.29, 1.82) is 0 Å². The van der Waals surface area contributed by atoms with Gasteiger partial charge in [-0.2, -0.15) is 5.10 Å². The minimum Gasteiger partial charge on any atom is -0.493 e. The molecule has 3 aromatic rings.